The van der Waals surface area contributed by atoms with Crippen molar-refractivity contribution in [3.8, 4) is 0 Å². The Kier molecular flexibility index (Phi) is 60.5. The molecule has 0 bridgehead atoms. The van der Waals surface area contributed by atoms with Crippen molar-refractivity contribution in [2.45, 2.75) is 353 Å². The molecule has 0 spiro atoms. The van der Waals surface area contributed by atoms with E-state index in [0.29, 0.717) is 25.9 Å². The summed E-state index contributed by atoms with van der Waals surface area (Å²) in [6, 6.07) is -0.543. The van der Waals surface area contributed by atoms with E-state index >= 15 is 0 Å². The van der Waals surface area contributed by atoms with Crippen LogP contribution in [0.1, 0.15) is 341 Å². The van der Waals surface area contributed by atoms with Gasteiger partial charge in [-0.15, -0.1) is 0 Å². The summed E-state index contributed by atoms with van der Waals surface area (Å²) in [7, 11) is 0. The predicted molar refractivity (Wildman–Crippen MR) is 319 cm³/mol. The Labute approximate surface area is 455 Å². The predicted octanol–water partition coefficient (Wildman–Crippen LogP) is 20.5. The second kappa shape index (κ2) is 62.4. The average Bonchev–Trinajstić information content (AvgIpc) is 3.39. The first-order valence-electron chi connectivity index (χ1n) is 32.4. The van der Waals surface area contributed by atoms with Gasteiger partial charge in [0, 0.05) is 12.8 Å². The van der Waals surface area contributed by atoms with Crippen LogP contribution in [-0.2, 0) is 14.3 Å². The Morgan fingerprint density at radius 2 is 0.685 bits per heavy atom. The lowest BCUT2D eigenvalue weighted by Crippen LogP contribution is -2.45. The number of aliphatic hydroxyl groups is 2. The van der Waals surface area contributed by atoms with Crippen LogP contribution in [0, 0.1) is 0 Å². The molecule has 6 nitrogen and oxygen atoms in total. The van der Waals surface area contributed by atoms with Gasteiger partial charge in [-0.3, -0.25) is 9.59 Å². The second-order valence-corrected chi connectivity index (χ2v) is 22.1. The van der Waals surface area contributed by atoms with Gasteiger partial charge in [-0.05, 0) is 89.9 Å². The lowest BCUT2D eigenvalue weighted by molar-refractivity contribution is -0.143. The zero-order chi connectivity index (χ0) is 52.9. The smallest absolute Gasteiger partial charge is 0.305 e. The highest BCUT2D eigenvalue weighted by Gasteiger charge is 2.20. The number of carbonyl (C=O) groups is 2. The molecule has 2 atom stereocenters. The molecule has 3 N–H and O–H groups in total. The largest absolute Gasteiger partial charge is 0.466 e. The first-order chi connectivity index (χ1) is 36.0. The van der Waals surface area contributed by atoms with Crippen LogP contribution in [0.4, 0.5) is 0 Å². The molecule has 0 saturated heterocycles. The van der Waals surface area contributed by atoms with Gasteiger partial charge < -0.3 is 20.3 Å². The van der Waals surface area contributed by atoms with Crippen molar-refractivity contribution < 1.29 is 24.5 Å². The number of esters is 1. The number of hydrogen-bond donors (Lipinski definition) is 3. The lowest BCUT2D eigenvalue weighted by atomic mass is 10.0. The lowest BCUT2D eigenvalue weighted by Gasteiger charge is -2.22. The SMILES string of the molecule is CCCCCC/C=C\C/C=C\CCCCCCCCCC(=O)OCCCCCCCCCCC/C=C\C/C=C\CCCCCCCCCCCCCC(=O)NC(CO)C(O)CCCCCCCCCCCCC. The fraction of sp³-hybridized carbons (Fsp3) is 0.851. The molecule has 0 aliphatic carbocycles. The number of ether oxygens (including phenoxy) is 1. The van der Waals surface area contributed by atoms with Crippen LogP contribution >= 0.6 is 0 Å². The van der Waals surface area contributed by atoms with E-state index in [0.717, 1.165) is 57.8 Å². The highest BCUT2D eigenvalue weighted by molar-refractivity contribution is 5.76. The zero-order valence-corrected chi connectivity index (χ0v) is 48.9. The summed E-state index contributed by atoms with van der Waals surface area (Å²) in [5.74, 6) is -0.0358. The van der Waals surface area contributed by atoms with E-state index in [1.54, 1.807) is 0 Å². The first kappa shape index (κ1) is 70.8. The summed E-state index contributed by atoms with van der Waals surface area (Å²) in [5.41, 5.74) is 0. The van der Waals surface area contributed by atoms with E-state index in [9.17, 15) is 19.8 Å². The molecular weight excluding hydrogens is 899 g/mol. The second-order valence-electron chi connectivity index (χ2n) is 22.1. The van der Waals surface area contributed by atoms with E-state index in [-0.39, 0.29) is 18.5 Å². The average molecular weight is 1020 g/mol. The van der Waals surface area contributed by atoms with Crippen molar-refractivity contribution in [3.63, 3.8) is 0 Å². The molecule has 0 rings (SSSR count). The molecule has 1 amide bonds. The molecule has 6 heteroatoms. The molecule has 0 radical (unpaired) electrons. The molecule has 428 valence electrons. The Hall–Kier alpha value is -2.18. The summed E-state index contributed by atoms with van der Waals surface area (Å²) in [5, 5.41) is 23.2. The van der Waals surface area contributed by atoms with Crippen LogP contribution in [0.15, 0.2) is 48.6 Å². The van der Waals surface area contributed by atoms with Gasteiger partial charge in [-0.1, -0.05) is 287 Å². The number of hydrogen-bond acceptors (Lipinski definition) is 5. The molecule has 0 heterocycles. The van der Waals surface area contributed by atoms with Gasteiger partial charge in [-0.2, -0.15) is 0 Å². The van der Waals surface area contributed by atoms with Crippen molar-refractivity contribution in [1.82, 2.24) is 5.32 Å². The maximum atomic E-state index is 12.4. The van der Waals surface area contributed by atoms with Crippen LogP contribution in [0.3, 0.4) is 0 Å². The summed E-state index contributed by atoms with van der Waals surface area (Å²) >= 11 is 0. The standard InChI is InChI=1S/C67H125NO5/c1-3-5-7-9-11-13-15-16-17-18-31-34-37-41-45-49-53-57-61-67(72)73-62-58-54-50-46-42-38-35-32-29-27-25-23-21-19-20-22-24-26-28-30-33-36-40-44-48-52-56-60-66(71)68-64(63-69)65(70)59-55-51-47-43-39-14-12-10-8-6-4-2/h13,15,17-20,23,25,64-65,69-70H,3-12,14,16,21-22,24,26-63H2,1-2H3,(H,68,71)/b15-13-,18-17-,20-19-,25-23-. The maximum Gasteiger partial charge on any atom is 0.305 e. The maximum absolute atomic E-state index is 12.4. The minimum absolute atomic E-state index is 0.00310. The highest BCUT2D eigenvalue weighted by Crippen LogP contribution is 2.17. The minimum atomic E-state index is -0.665. The fourth-order valence-electron chi connectivity index (χ4n) is 9.88. The summed E-state index contributed by atoms with van der Waals surface area (Å²) in [4.78, 5) is 24.5. The van der Waals surface area contributed by atoms with E-state index < -0.39 is 12.1 Å². The fourth-order valence-corrected chi connectivity index (χ4v) is 9.88. The van der Waals surface area contributed by atoms with Crippen molar-refractivity contribution in [2.24, 2.45) is 0 Å². The van der Waals surface area contributed by atoms with Gasteiger partial charge in [0.15, 0.2) is 0 Å². The zero-order valence-electron chi connectivity index (χ0n) is 48.9. The molecule has 0 saturated carbocycles. The van der Waals surface area contributed by atoms with Crippen molar-refractivity contribution in [3.05, 3.63) is 48.6 Å². The summed E-state index contributed by atoms with van der Waals surface area (Å²) in [6.45, 7) is 4.93. The Balaban J connectivity index is 3.40. The third-order valence-corrected chi connectivity index (χ3v) is 14.9. The van der Waals surface area contributed by atoms with Gasteiger partial charge in [0.1, 0.15) is 0 Å². The van der Waals surface area contributed by atoms with Crippen LogP contribution in [0.2, 0.25) is 0 Å². The first-order valence-corrected chi connectivity index (χ1v) is 32.4. The van der Waals surface area contributed by atoms with Crippen LogP contribution < -0.4 is 5.32 Å². The molecule has 0 aromatic heterocycles. The number of amides is 1. The van der Waals surface area contributed by atoms with Crippen molar-refractivity contribution >= 4 is 11.9 Å². The number of nitrogens with one attached hydrogen (secondary N) is 1. The van der Waals surface area contributed by atoms with Crippen molar-refractivity contribution in [1.29, 1.82) is 0 Å². The number of unbranched alkanes of at least 4 members (excludes halogenated alkanes) is 41. The Bertz CT molecular complexity index is 1230. The minimum Gasteiger partial charge on any atom is -0.466 e. The quantitative estimate of drug-likeness (QED) is 0.0320. The molecule has 0 aliphatic heterocycles. The Morgan fingerprint density at radius 1 is 0.384 bits per heavy atom. The van der Waals surface area contributed by atoms with Gasteiger partial charge in [0.25, 0.3) is 0 Å². The number of allylic oxidation sites excluding steroid dienone is 8. The van der Waals surface area contributed by atoms with Gasteiger partial charge in [-0.25, -0.2) is 0 Å². The molecule has 0 aromatic carbocycles. The molecule has 2 unspecified atom stereocenters. The third kappa shape index (κ3) is 58.9. The Morgan fingerprint density at radius 3 is 1.05 bits per heavy atom. The number of carbonyl (C=O) groups excluding carboxylic acids is 2. The normalized spacial score (nSPS) is 12.9. The third-order valence-electron chi connectivity index (χ3n) is 14.9. The summed E-state index contributed by atoms with van der Waals surface area (Å²) < 4.78 is 5.49. The van der Waals surface area contributed by atoms with Crippen molar-refractivity contribution in [2.75, 3.05) is 13.2 Å². The van der Waals surface area contributed by atoms with Gasteiger partial charge in [0.2, 0.25) is 5.91 Å². The van der Waals surface area contributed by atoms with E-state index in [4.69, 9.17) is 4.74 Å². The molecule has 73 heavy (non-hydrogen) atoms. The van der Waals surface area contributed by atoms with E-state index in [2.05, 4.69) is 67.8 Å². The molecule has 0 aromatic rings. The molecular formula is C67H125NO5. The molecule has 0 aliphatic rings. The number of aliphatic hydroxyl groups excluding tert-OH is 2. The highest BCUT2D eigenvalue weighted by atomic mass is 16.5. The molecule has 0 fully saturated rings. The van der Waals surface area contributed by atoms with Gasteiger partial charge >= 0.3 is 5.97 Å². The summed E-state index contributed by atoms with van der Waals surface area (Å²) in [6.07, 6.45) is 79.9. The van der Waals surface area contributed by atoms with Gasteiger partial charge in [0.05, 0.1) is 25.4 Å². The van der Waals surface area contributed by atoms with E-state index in [1.807, 2.05) is 0 Å². The van der Waals surface area contributed by atoms with Crippen LogP contribution in [-0.4, -0.2) is 47.4 Å². The van der Waals surface area contributed by atoms with Crippen LogP contribution in [0.25, 0.3) is 0 Å². The topological polar surface area (TPSA) is 95.9 Å². The monoisotopic (exact) mass is 1020 g/mol. The number of rotatable bonds is 60. The van der Waals surface area contributed by atoms with E-state index in [1.165, 1.54) is 250 Å². The van der Waals surface area contributed by atoms with Crippen LogP contribution in [0.5, 0.6) is 0 Å².